The summed E-state index contributed by atoms with van der Waals surface area (Å²) in [6.07, 6.45) is 0.909. The maximum absolute atomic E-state index is 12.4. The highest BCUT2D eigenvalue weighted by Crippen LogP contribution is 2.22. The molecule has 5 nitrogen and oxygen atoms in total. The van der Waals surface area contributed by atoms with E-state index in [1.165, 1.54) is 7.11 Å². The van der Waals surface area contributed by atoms with Crippen LogP contribution in [0.2, 0.25) is 0 Å². The molecule has 2 aromatic rings. The number of methoxy groups -OCH3 is 1. The Morgan fingerprint density at radius 1 is 1.23 bits per heavy atom. The Labute approximate surface area is 130 Å². The number of hydrogen-bond acceptors (Lipinski definition) is 3. The molecule has 1 N–H and O–H groups in total. The SMILES string of the molecule is COC(=O)CCCN(C)C(=O)c1cc2c(C)cc(C)cc2[nH]1. The molecule has 5 heteroatoms. The van der Waals surface area contributed by atoms with E-state index in [1.807, 2.05) is 26.0 Å². The van der Waals surface area contributed by atoms with Crippen LogP contribution in [0, 0.1) is 13.8 Å². The summed E-state index contributed by atoms with van der Waals surface area (Å²) in [7, 11) is 3.11. The number of rotatable bonds is 5. The van der Waals surface area contributed by atoms with E-state index < -0.39 is 0 Å². The predicted octanol–water partition coefficient (Wildman–Crippen LogP) is 2.81. The van der Waals surface area contributed by atoms with Crippen LogP contribution in [0.15, 0.2) is 18.2 Å². The van der Waals surface area contributed by atoms with Gasteiger partial charge in [-0.05, 0) is 43.5 Å². The Balaban J connectivity index is 2.09. The van der Waals surface area contributed by atoms with Crippen molar-refractivity contribution < 1.29 is 14.3 Å². The lowest BCUT2D eigenvalue weighted by Gasteiger charge is -2.15. The third kappa shape index (κ3) is 3.47. The summed E-state index contributed by atoms with van der Waals surface area (Å²) in [4.78, 5) is 28.3. The lowest BCUT2D eigenvalue weighted by Crippen LogP contribution is -2.28. The topological polar surface area (TPSA) is 62.4 Å². The molecule has 1 aromatic carbocycles. The maximum Gasteiger partial charge on any atom is 0.305 e. The smallest absolute Gasteiger partial charge is 0.305 e. The summed E-state index contributed by atoms with van der Waals surface area (Å²) >= 11 is 0. The van der Waals surface area contributed by atoms with Crippen LogP contribution in [-0.2, 0) is 9.53 Å². The van der Waals surface area contributed by atoms with Crippen LogP contribution < -0.4 is 0 Å². The zero-order valence-corrected chi connectivity index (χ0v) is 13.5. The van der Waals surface area contributed by atoms with E-state index >= 15 is 0 Å². The van der Waals surface area contributed by atoms with Gasteiger partial charge in [0.1, 0.15) is 5.69 Å². The molecule has 0 saturated carbocycles. The summed E-state index contributed by atoms with van der Waals surface area (Å²) in [6, 6.07) is 6.03. The van der Waals surface area contributed by atoms with Crippen LogP contribution in [0.1, 0.15) is 34.5 Å². The zero-order valence-electron chi connectivity index (χ0n) is 13.5. The lowest BCUT2D eigenvalue weighted by molar-refractivity contribution is -0.140. The fraction of sp³-hybridized carbons (Fsp3) is 0.412. The van der Waals surface area contributed by atoms with Crippen molar-refractivity contribution in [2.45, 2.75) is 26.7 Å². The second kappa shape index (κ2) is 6.64. The molecule has 1 heterocycles. The van der Waals surface area contributed by atoms with Crippen LogP contribution in [0.3, 0.4) is 0 Å². The van der Waals surface area contributed by atoms with Crippen molar-refractivity contribution in [3.05, 3.63) is 35.0 Å². The van der Waals surface area contributed by atoms with E-state index in [4.69, 9.17) is 0 Å². The van der Waals surface area contributed by atoms with Crippen molar-refractivity contribution in [3.8, 4) is 0 Å². The molecule has 2 rings (SSSR count). The van der Waals surface area contributed by atoms with E-state index in [1.54, 1.807) is 11.9 Å². The van der Waals surface area contributed by atoms with Crippen LogP contribution in [0.25, 0.3) is 10.9 Å². The number of ether oxygens (including phenoxy) is 1. The van der Waals surface area contributed by atoms with Gasteiger partial charge in [-0.25, -0.2) is 0 Å². The molecule has 22 heavy (non-hydrogen) atoms. The standard InChI is InChI=1S/C17H22N2O3/c1-11-8-12(2)13-10-15(18-14(13)9-11)17(21)19(3)7-5-6-16(20)22-4/h8-10,18H,5-7H2,1-4H3. The van der Waals surface area contributed by atoms with Gasteiger partial charge in [-0.3, -0.25) is 9.59 Å². The van der Waals surface area contributed by atoms with Gasteiger partial charge < -0.3 is 14.6 Å². The molecular weight excluding hydrogens is 280 g/mol. The molecule has 0 radical (unpaired) electrons. The normalized spacial score (nSPS) is 10.7. The molecule has 0 atom stereocenters. The van der Waals surface area contributed by atoms with E-state index in [0.29, 0.717) is 25.1 Å². The molecule has 0 fully saturated rings. The highest BCUT2D eigenvalue weighted by Gasteiger charge is 2.15. The first kappa shape index (κ1) is 16.1. The first-order valence-electron chi connectivity index (χ1n) is 7.34. The molecule has 1 aromatic heterocycles. The number of esters is 1. The second-order valence-corrected chi connectivity index (χ2v) is 5.63. The van der Waals surface area contributed by atoms with Gasteiger partial charge >= 0.3 is 5.97 Å². The average molecular weight is 302 g/mol. The van der Waals surface area contributed by atoms with Crippen molar-refractivity contribution in [2.24, 2.45) is 0 Å². The number of fused-ring (bicyclic) bond motifs is 1. The Morgan fingerprint density at radius 3 is 2.64 bits per heavy atom. The Bertz CT molecular complexity index is 703. The summed E-state index contributed by atoms with van der Waals surface area (Å²) < 4.78 is 4.59. The third-order valence-electron chi connectivity index (χ3n) is 3.77. The molecule has 0 aliphatic carbocycles. The van der Waals surface area contributed by atoms with E-state index in [9.17, 15) is 9.59 Å². The number of amides is 1. The molecule has 0 spiro atoms. The number of benzene rings is 1. The minimum Gasteiger partial charge on any atom is -0.469 e. The van der Waals surface area contributed by atoms with Crippen LogP contribution >= 0.6 is 0 Å². The predicted molar refractivity (Wildman–Crippen MR) is 86.0 cm³/mol. The number of carbonyl (C=O) groups excluding carboxylic acids is 2. The molecule has 1 amide bonds. The van der Waals surface area contributed by atoms with Crippen LogP contribution in [0.4, 0.5) is 0 Å². The quantitative estimate of drug-likeness (QED) is 0.864. The Morgan fingerprint density at radius 2 is 1.95 bits per heavy atom. The molecule has 0 unspecified atom stereocenters. The van der Waals surface area contributed by atoms with Gasteiger partial charge in [0.2, 0.25) is 0 Å². The summed E-state index contributed by atoms with van der Waals surface area (Å²) in [5, 5.41) is 1.07. The molecule has 0 aliphatic heterocycles. The van der Waals surface area contributed by atoms with Crippen LogP contribution in [0.5, 0.6) is 0 Å². The highest BCUT2D eigenvalue weighted by atomic mass is 16.5. The fourth-order valence-corrected chi connectivity index (χ4v) is 2.58. The van der Waals surface area contributed by atoms with Gasteiger partial charge in [-0.15, -0.1) is 0 Å². The number of hydrogen-bond donors (Lipinski definition) is 1. The molecule has 0 aliphatic rings. The number of H-pyrrole nitrogens is 1. The van der Waals surface area contributed by atoms with Crippen molar-refractivity contribution in [1.82, 2.24) is 9.88 Å². The summed E-state index contributed by atoms with van der Waals surface area (Å²) in [6.45, 7) is 4.59. The van der Waals surface area contributed by atoms with Crippen LogP contribution in [-0.4, -0.2) is 42.5 Å². The van der Waals surface area contributed by atoms with Crippen molar-refractivity contribution in [2.75, 3.05) is 20.7 Å². The first-order valence-corrected chi connectivity index (χ1v) is 7.34. The fourth-order valence-electron chi connectivity index (χ4n) is 2.58. The molecule has 0 saturated heterocycles. The number of carbonyl (C=O) groups is 2. The molecule has 0 bridgehead atoms. The Hall–Kier alpha value is -2.30. The van der Waals surface area contributed by atoms with Gasteiger partial charge in [0.25, 0.3) is 5.91 Å². The highest BCUT2D eigenvalue weighted by molar-refractivity contribution is 5.98. The lowest BCUT2D eigenvalue weighted by atomic mass is 10.1. The summed E-state index contributed by atoms with van der Waals surface area (Å²) in [5.41, 5.74) is 3.86. The zero-order chi connectivity index (χ0) is 16.3. The van der Waals surface area contributed by atoms with Crippen molar-refractivity contribution in [3.63, 3.8) is 0 Å². The number of aromatic amines is 1. The van der Waals surface area contributed by atoms with Crippen molar-refractivity contribution >= 4 is 22.8 Å². The third-order valence-corrected chi connectivity index (χ3v) is 3.77. The summed E-state index contributed by atoms with van der Waals surface area (Å²) in [5.74, 6) is -0.323. The van der Waals surface area contributed by atoms with E-state index in [-0.39, 0.29) is 11.9 Å². The van der Waals surface area contributed by atoms with Gasteiger partial charge in [0.05, 0.1) is 7.11 Å². The number of aryl methyl sites for hydroxylation is 2. The Kier molecular flexibility index (Phi) is 4.85. The second-order valence-electron chi connectivity index (χ2n) is 5.63. The maximum atomic E-state index is 12.4. The number of nitrogens with zero attached hydrogens (tertiary/aromatic N) is 1. The minimum absolute atomic E-state index is 0.0712. The first-order chi connectivity index (χ1) is 10.4. The van der Waals surface area contributed by atoms with Gasteiger partial charge in [-0.1, -0.05) is 6.07 Å². The van der Waals surface area contributed by atoms with Crippen molar-refractivity contribution in [1.29, 1.82) is 0 Å². The van der Waals surface area contributed by atoms with Gasteiger partial charge in [0, 0.05) is 30.9 Å². The van der Waals surface area contributed by atoms with E-state index in [2.05, 4.69) is 15.8 Å². The minimum atomic E-state index is -0.252. The van der Waals surface area contributed by atoms with Gasteiger partial charge in [0.15, 0.2) is 0 Å². The average Bonchev–Trinajstić information content (AvgIpc) is 2.90. The molecule has 118 valence electrons. The number of aromatic nitrogens is 1. The number of nitrogens with one attached hydrogen (secondary N) is 1. The molecular formula is C17H22N2O3. The van der Waals surface area contributed by atoms with E-state index in [0.717, 1.165) is 22.0 Å². The monoisotopic (exact) mass is 302 g/mol. The van der Waals surface area contributed by atoms with Gasteiger partial charge in [-0.2, -0.15) is 0 Å². The largest absolute Gasteiger partial charge is 0.469 e.